The van der Waals surface area contributed by atoms with Gasteiger partial charge in [0.05, 0.1) is 17.6 Å². The van der Waals surface area contributed by atoms with Crippen LogP contribution in [-0.4, -0.2) is 15.7 Å². The van der Waals surface area contributed by atoms with Gasteiger partial charge in [0.25, 0.3) is 0 Å². The molecular formula is C20H21N3O2. The monoisotopic (exact) mass is 335 g/mol. The van der Waals surface area contributed by atoms with Crippen LogP contribution in [0, 0.1) is 19.8 Å². The van der Waals surface area contributed by atoms with Gasteiger partial charge < -0.3 is 9.73 Å². The van der Waals surface area contributed by atoms with Crippen molar-refractivity contribution in [3.05, 3.63) is 71.4 Å². The third-order valence-electron chi connectivity index (χ3n) is 4.72. The molecule has 1 amide bonds. The van der Waals surface area contributed by atoms with Gasteiger partial charge in [0, 0.05) is 24.1 Å². The van der Waals surface area contributed by atoms with Gasteiger partial charge in [-0.15, -0.1) is 0 Å². The number of nitrogens with zero attached hydrogens (tertiary/aromatic N) is 2. The fourth-order valence-electron chi connectivity index (χ4n) is 3.35. The average Bonchev–Trinajstić information content (AvgIpc) is 3.06. The van der Waals surface area contributed by atoms with Gasteiger partial charge in [-0.1, -0.05) is 18.2 Å². The zero-order valence-electron chi connectivity index (χ0n) is 14.4. The second kappa shape index (κ2) is 6.24. The van der Waals surface area contributed by atoms with Crippen LogP contribution in [0.5, 0.6) is 0 Å². The predicted molar refractivity (Wildman–Crippen MR) is 94.4 cm³/mol. The molecule has 25 heavy (non-hydrogen) atoms. The van der Waals surface area contributed by atoms with Gasteiger partial charge in [-0.05, 0) is 50.1 Å². The first-order valence-corrected chi connectivity index (χ1v) is 8.56. The van der Waals surface area contributed by atoms with Crippen molar-refractivity contribution < 1.29 is 9.21 Å². The van der Waals surface area contributed by atoms with Crippen LogP contribution in [0.25, 0.3) is 5.69 Å². The molecule has 2 aromatic heterocycles. The van der Waals surface area contributed by atoms with Crippen molar-refractivity contribution in [1.29, 1.82) is 0 Å². The van der Waals surface area contributed by atoms with Crippen LogP contribution in [0.15, 0.2) is 53.1 Å². The number of amides is 1. The smallest absolute Gasteiger partial charge is 0.224 e. The van der Waals surface area contributed by atoms with E-state index in [1.54, 1.807) is 6.26 Å². The summed E-state index contributed by atoms with van der Waals surface area (Å²) in [5.41, 5.74) is 4.12. The van der Waals surface area contributed by atoms with E-state index in [2.05, 4.69) is 10.4 Å². The average molecular weight is 335 g/mol. The number of carbonyl (C=O) groups is 1. The zero-order valence-corrected chi connectivity index (χ0v) is 14.4. The van der Waals surface area contributed by atoms with Crippen LogP contribution in [-0.2, 0) is 11.3 Å². The Morgan fingerprint density at radius 2 is 2.12 bits per heavy atom. The highest BCUT2D eigenvalue weighted by Crippen LogP contribution is 2.47. The molecule has 0 saturated heterocycles. The van der Waals surface area contributed by atoms with Crippen molar-refractivity contribution in [3.8, 4) is 5.69 Å². The molecule has 0 radical (unpaired) electrons. The number of benzene rings is 1. The number of carbonyl (C=O) groups excluding carboxylic acids is 1. The van der Waals surface area contributed by atoms with Crippen molar-refractivity contribution >= 4 is 5.91 Å². The van der Waals surface area contributed by atoms with Crippen LogP contribution in [0.1, 0.15) is 35.1 Å². The van der Waals surface area contributed by atoms with Gasteiger partial charge in [-0.3, -0.25) is 4.79 Å². The Kier molecular flexibility index (Phi) is 3.92. The first-order valence-electron chi connectivity index (χ1n) is 8.56. The minimum Gasteiger partial charge on any atom is -0.469 e. The molecule has 2 heterocycles. The Hall–Kier alpha value is -2.82. The van der Waals surface area contributed by atoms with Crippen molar-refractivity contribution in [2.45, 2.75) is 32.7 Å². The first kappa shape index (κ1) is 15.7. The minimum atomic E-state index is 0.0204. The van der Waals surface area contributed by atoms with E-state index in [0.29, 0.717) is 6.54 Å². The van der Waals surface area contributed by atoms with E-state index in [1.807, 2.05) is 61.0 Å². The third-order valence-corrected chi connectivity index (χ3v) is 4.72. The Balaban J connectivity index is 1.45. The summed E-state index contributed by atoms with van der Waals surface area (Å²) in [5.74, 6) is 1.24. The van der Waals surface area contributed by atoms with Gasteiger partial charge in [0.1, 0.15) is 5.76 Å². The Morgan fingerprint density at radius 3 is 2.84 bits per heavy atom. The van der Waals surface area contributed by atoms with Crippen LogP contribution in [0.2, 0.25) is 0 Å². The fourth-order valence-corrected chi connectivity index (χ4v) is 3.35. The molecule has 2 atom stereocenters. The lowest BCUT2D eigenvalue weighted by molar-refractivity contribution is -0.122. The molecule has 0 aliphatic heterocycles. The van der Waals surface area contributed by atoms with Gasteiger partial charge in [-0.2, -0.15) is 5.10 Å². The van der Waals surface area contributed by atoms with Crippen molar-refractivity contribution in [2.24, 2.45) is 5.92 Å². The molecular weight excluding hydrogens is 314 g/mol. The summed E-state index contributed by atoms with van der Waals surface area (Å²) in [7, 11) is 0. The van der Waals surface area contributed by atoms with Gasteiger partial charge in [-0.25, -0.2) is 4.68 Å². The molecule has 1 aliphatic rings. The van der Waals surface area contributed by atoms with E-state index < -0.39 is 0 Å². The highest BCUT2D eigenvalue weighted by atomic mass is 16.3. The van der Waals surface area contributed by atoms with Gasteiger partial charge in [0.15, 0.2) is 0 Å². The normalized spacial score (nSPS) is 19.0. The lowest BCUT2D eigenvalue weighted by Gasteiger charge is -2.12. The summed E-state index contributed by atoms with van der Waals surface area (Å²) in [6.07, 6.45) is 2.52. The molecule has 128 valence electrons. The molecule has 1 N–H and O–H groups in total. The predicted octanol–water partition coefficient (Wildman–Crippen LogP) is 3.50. The van der Waals surface area contributed by atoms with E-state index in [-0.39, 0.29) is 17.7 Å². The van der Waals surface area contributed by atoms with Crippen LogP contribution >= 0.6 is 0 Å². The highest BCUT2D eigenvalue weighted by molar-refractivity contribution is 5.82. The quantitative estimate of drug-likeness (QED) is 0.776. The molecule has 4 rings (SSSR count). The van der Waals surface area contributed by atoms with E-state index in [1.165, 1.54) is 0 Å². The number of aryl methyl sites for hydroxylation is 2. The Labute approximate surface area is 146 Å². The van der Waals surface area contributed by atoms with Crippen LogP contribution in [0.4, 0.5) is 0 Å². The summed E-state index contributed by atoms with van der Waals surface area (Å²) >= 11 is 0. The summed E-state index contributed by atoms with van der Waals surface area (Å²) < 4.78 is 7.33. The zero-order chi connectivity index (χ0) is 17.4. The number of hydrogen-bond donors (Lipinski definition) is 1. The number of rotatable bonds is 5. The molecule has 5 nitrogen and oxygen atoms in total. The number of nitrogens with one attached hydrogen (secondary N) is 1. The summed E-state index contributed by atoms with van der Waals surface area (Å²) in [4.78, 5) is 12.4. The number of aromatic nitrogens is 2. The molecule has 0 bridgehead atoms. The van der Waals surface area contributed by atoms with Crippen molar-refractivity contribution in [2.75, 3.05) is 0 Å². The lowest BCUT2D eigenvalue weighted by Crippen LogP contribution is -2.25. The third kappa shape index (κ3) is 3.09. The van der Waals surface area contributed by atoms with Gasteiger partial charge in [0.2, 0.25) is 5.91 Å². The summed E-state index contributed by atoms with van der Waals surface area (Å²) in [5, 5.41) is 7.62. The maximum Gasteiger partial charge on any atom is 0.224 e. The fraction of sp³-hybridized carbons (Fsp3) is 0.300. The lowest BCUT2D eigenvalue weighted by atomic mass is 10.1. The van der Waals surface area contributed by atoms with E-state index in [0.717, 1.165) is 34.8 Å². The van der Waals surface area contributed by atoms with Gasteiger partial charge >= 0.3 is 0 Å². The number of hydrogen-bond acceptors (Lipinski definition) is 3. The Bertz CT molecular complexity index is 896. The molecule has 0 spiro atoms. The van der Waals surface area contributed by atoms with Crippen molar-refractivity contribution in [3.63, 3.8) is 0 Å². The second-order valence-corrected chi connectivity index (χ2v) is 6.65. The van der Waals surface area contributed by atoms with E-state index in [9.17, 15) is 4.79 Å². The molecule has 1 aliphatic carbocycles. The largest absolute Gasteiger partial charge is 0.469 e. The summed E-state index contributed by atoms with van der Waals surface area (Å²) in [6, 6.07) is 13.9. The SMILES string of the molecule is Cc1cc(C)n(-c2ccccc2CNC(=O)[C@@H]2C[C@H]2c2ccco2)n1. The summed E-state index contributed by atoms with van der Waals surface area (Å²) in [6.45, 7) is 4.51. The molecule has 1 fully saturated rings. The molecule has 0 unspecified atom stereocenters. The molecule has 1 saturated carbocycles. The second-order valence-electron chi connectivity index (χ2n) is 6.65. The number of para-hydroxylation sites is 1. The maximum atomic E-state index is 12.4. The Morgan fingerprint density at radius 1 is 1.28 bits per heavy atom. The van der Waals surface area contributed by atoms with Crippen LogP contribution in [0.3, 0.4) is 0 Å². The standard InChI is InChI=1S/C20H21N3O2/c1-13-10-14(2)23(22-13)18-7-4-3-6-15(18)12-21-20(24)17-11-16(17)19-8-5-9-25-19/h3-10,16-17H,11-12H2,1-2H3,(H,21,24)/t16-,17-/m1/s1. The first-order chi connectivity index (χ1) is 12.1. The van der Waals surface area contributed by atoms with Crippen LogP contribution < -0.4 is 5.32 Å². The van der Waals surface area contributed by atoms with Crippen molar-refractivity contribution in [1.82, 2.24) is 15.1 Å². The number of furan rings is 1. The topological polar surface area (TPSA) is 60.1 Å². The van der Waals surface area contributed by atoms with E-state index in [4.69, 9.17) is 4.42 Å². The maximum absolute atomic E-state index is 12.4. The van der Waals surface area contributed by atoms with E-state index >= 15 is 0 Å². The molecule has 3 aromatic rings. The highest BCUT2D eigenvalue weighted by Gasteiger charge is 2.45. The molecule has 5 heteroatoms. The minimum absolute atomic E-state index is 0.0204. The molecule has 1 aromatic carbocycles.